The molecule has 0 radical (unpaired) electrons. The van der Waals surface area contributed by atoms with Gasteiger partial charge in [0.1, 0.15) is 21.4 Å². The van der Waals surface area contributed by atoms with E-state index in [1.807, 2.05) is 58.2 Å². The first-order chi connectivity index (χ1) is 8.16. The zero-order valence-corrected chi connectivity index (χ0v) is 10.0. The smallest absolute Gasteiger partial charge is 0.144 e. The highest BCUT2D eigenvalue weighted by Gasteiger charge is 2.02. The minimum atomic E-state index is 0.301. The average molecular weight is 221 g/mol. The molecule has 0 aliphatic carbocycles. The second-order valence-electron chi connectivity index (χ2n) is 4.11. The molecular formula is C13H13B2NO. The second-order valence-corrected chi connectivity index (χ2v) is 4.11. The van der Waals surface area contributed by atoms with Crippen molar-refractivity contribution in [3.63, 3.8) is 0 Å². The summed E-state index contributed by atoms with van der Waals surface area (Å²) >= 11 is 0. The monoisotopic (exact) mass is 221 g/mol. The highest BCUT2D eigenvalue weighted by molar-refractivity contribution is 6.39. The minimum absolute atomic E-state index is 0.301. The number of hydrogen-bond donors (Lipinski definition) is 1. The van der Waals surface area contributed by atoms with Gasteiger partial charge in [-0.1, -0.05) is 35.8 Å². The van der Waals surface area contributed by atoms with Crippen molar-refractivity contribution in [2.75, 3.05) is 0 Å². The Labute approximate surface area is 103 Å². The van der Waals surface area contributed by atoms with Gasteiger partial charge < -0.3 is 5.11 Å². The van der Waals surface area contributed by atoms with Crippen LogP contribution in [0.1, 0.15) is 5.56 Å². The summed E-state index contributed by atoms with van der Waals surface area (Å²) in [6, 6.07) is 13.6. The molecule has 0 saturated carbocycles. The zero-order chi connectivity index (χ0) is 12.3. The number of hydrogen-bond acceptors (Lipinski definition) is 2. The van der Waals surface area contributed by atoms with Crippen LogP contribution < -0.4 is 10.9 Å². The van der Waals surface area contributed by atoms with E-state index in [0.29, 0.717) is 5.75 Å². The first-order valence-electron chi connectivity index (χ1n) is 5.56. The molecule has 0 aliphatic rings. The molecule has 0 heterocycles. The summed E-state index contributed by atoms with van der Waals surface area (Å²) in [6.07, 6.45) is 1.70. The molecule has 82 valence electrons. The van der Waals surface area contributed by atoms with Gasteiger partial charge in [-0.05, 0) is 17.6 Å². The van der Waals surface area contributed by atoms with E-state index >= 15 is 0 Å². The highest BCUT2D eigenvalue weighted by atomic mass is 16.3. The van der Waals surface area contributed by atoms with Crippen LogP contribution in [0.4, 0.5) is 5.69 Å². The van der Waals surface area contributed by atoms with Crippen LogP contribution in [0, 0.1) is 0 Å². The molecule has 0 fully saturated rings. The lowest BCUT2D eigenvalue weighted by Crippen LogP contribution is -2.15. The van der Waals surface area contributed by atoms with Gasteiger partial charge >= 0.3 is 0 Å². The van der Waals surface area contributed by atoms with Crippen molar-refractivity contribution in [1.29, 1.82) is 0 Å². The van der Waals surface area contributed by atoms with Crippen LogP contribution >= 0.6 is 0 Å². The first kappa shape index (κ1) is 11.5. The summed E-state index contributed by atoms with van der Waals surface area (Å²) in [7, 11) is 3.90. The SMILES string of the molecule is Bc1cc(B)c(O)c(/C=N/c2ccccc2)c1. The Balaban J connectivity index is 2.33. The Hall–Kier alpha value is -1.96. The summed E-state index contributed by atoms with van der Waals surface area (Å²) in [4.78, 5) is 4.33. The molecule has 0 spiro atoms. The molecule has 0 amide bonds. The molecule has 4 heteroatoms. The third kappa shape index (κ3) is 2.78. The van der Waals surface area contributed by atoms with Gasteiger partial charge in [-0.25, -0.2) is 0 Å². The second kappa shape index (κ2) is 4.91. The fraction of sp³-hybridized carbons (Fsp3) is 0. The predicted octanol–water partition coefficient (Wildman–Crippen LogP) is -0.340. The van der Waals surface area contributed by atoms with Gasteiger partial charge in [0, 0.05) is 11.8 Å². The lowest BCUT2D eigenvalue weighted by molar-refractivity contribution is 0.479. The number of phenols is 1. The van der Waals surface area contributed by atoms with E-state index in [0.717, 1.165) is 22.2 Å². The van der Waals surface area contributed by atoms with Crippen LogP contribution in [0.15, 0.2) is 47.5 Å². The fourth-order valence-corrected chi connectivity index (χ4v) is 1.75. The highest BCUT2D eigenvalue weighted by Crippen LogP contribution is 2.13. The third-order valence-corrected chi connectivity index (χ3v) is 2.58. The van der Waals surface area contributed by atoms with Gasteiger partial charge in [0.15, 0.2) is 0 Å². The number of benzene rings is 2. The van der Waals surface area contributed by atoms with Crippen molar-refractivity contribution in [3.05, 3.63) is 48.0 Å². The lowest BCUT2D eigenvalue weighted by atomic mass is 9.85. The maximum Gasteiger partial charge on any atom is 0.144 e. The van der Waals surface area contributed by atoms with Crippen molar-refractivity contribution in [2.24, 2.45) is 4.99 Å². The number of para-hydroxylation sites is 1. The molecule has 1 N–H and O–H groups in total. The van der Waals surface area contributed by atoms with Gasteiger partial charge in [0.25, 0.3) is 0 Å². The van der Waals surface area contributed by atoms with E-state index in [4.69, 9.17) is 0 Å². The third-order valence-electron chi connectivity index (χ3n) is 2.58. The molecule has 17 heavy (non-hydrogen) atoms. The van der Waals surface area contributed by atoms with Crippen molar-refractivity contribution in [2.45, 2.75) is 0 Å². The summed E-state index contributed by atoms with van der Waals surface area (Å²) in [6.45, 7) is 0. The quantitative estimate of drug-likeness (QED) is 0.546. The number of rotatable bonds is 2. The number of phenolic OH excluding ortho intramolecular Hbond substituents is 1. The zero-order valence-electron chi connectivity index (χ0n) is 10.0. The first-order valence-corrected chi connectivity index (χ1v) is 5.56. The Morgan fingerprint density at radius 1 is 1.06 bits per heavy atom. The van der Waals surface area contributed by atoms with Crippen molar-refractivity contribution >= 4 is 38.5 Å². The maximum absolute atomic E-state index is 9.91. The van der Waals surface area contributed by atoms with Crippen LogP contribution in [0.5, 0.6) is 5.75 Å². The van der Waals surface area contributed by atoms with E-state index in [1.165, 1.54) is 0 Å². The molecule has 0 atom stereocenters. The largest absolute Gasteiger partial charge is 0.508 e. The maximum atomic E-state index is 9.91. The molecule has 0 saturated heterocycles. The number of aromatic hydroxyl groups is 1. The molecule has 2 nitrogen and oxygen atoms in total. The molecule has 2 aromatic carbocycles. The van der Waals surface area contributed by atoms with E-state index in [-0.39, 0.29) is 0 Å². The summed E-state index contributed by atoms with van der Waals surface area (Å²) < 4.78 is 0. The van der Waals surface area contributed by atoms with Crippen LogP contribution in [-0.2, 0) is 0 Å². The Bertz CT molecular complexity index is 553. The molecule has 0 bridgehead atoms. The summed E-state index contributed by atoms with van der Waals surface area (Å²) in [5, 5.41) is 9.91. The molecule has 2 aromatic rings. The molecular weight excluding hydrogens is 208 g/mol. The number of nitrogens with zero attached hydrogens (tertiary/aromatic N) is 1. The van der Waals surface area contributed by atoms with Gasteiger partial charge in [-0.15, -0.1) is 0 Å². The van der Waals surface area contributed by atoms with Crippen LogP contribution in [0.3, 0.4) is 0 Å². The summed E-state index contributed by atoms with van der Waals surface area (Å²) in [5.74, 6) is 0.301. The van der Waals surface area contributed by atoms with Crippen LogP contribution in [-0.4, -0.2) is 27.0 Å². The predicted molar refractivity (Wildman–Crippen MR) is 78.2 cm³/mol. The molecule has 2 rings (SSSR count). The summed E-state index contributed by atoms with van der Waals surface area (Å²) in [5.41, 5.74) is 3.63. The van der Waals surface area contributed by atoms with Crippen LogP contribution in [0.25, 0.3) is 0 Å². The van der Waals surface area contributed by atoms with Gasteiger partial charge in [0.2, 0.25) is 0 Å². The fourth-order valence-electron chi connectivity index (χ4n) is 1.75. The van der Waals surface area contributed by atoms with E-state index in [2.05, 4.69) is 4.99 Å². The minimum Gasteiger partial charge on any atom is -0.508 e. The molecule has 0 aromatic heterocycles. The number of aliphatic imine (C=N–C) groups is 1. The Morgan fingerprint density at radius 2 is 1.76 bits per heavy atom. The van der Waals surface area contributed by atoms with Gasteiger partial charge in [-0.3, -0.25) is 4.99 Å². The lowest BCUT2D eigenvalue weighted by Gasteiger charge is -2.04. The van der Waals surface area contributed by atoms with Gasteiger partial charge in [-0.2, -0.15) is 0 Å². The molecule has 0 aliphatic heterocycles. The topological polar surface area (TPSA) is 32.6 Å². The standard InChI is InChI=1S/C13H13B2NO/c14-10-6-9(13(17)12(15)7-10)8-16-11-4-2-1-3-5-11/h1-8,17H,14-15H2/b16-8+. The molecule has 0 unspecified atom stereocenters. The normalized spacial score (nSPS) is 10.8. The van der Waals surface area contributed by atoms with E-state index in [1.54, 1.807) is 6.21 Å². The average Bonchev–Trinajstić information content (AvgIpc) is 2.33. The van der Waals surface area contributed by atoms with E-state index in [9.17, 15) is 5.11 Å². The van der Waals surface area contributed by atoms with Crippen molar-refractivity contribution < 1.29 is 5.11 Å². The van der Waals surface area contributed by atoms with Crippen molar-refractivity contribution in [3.8, 4) is 5.75 Å². The van der Waals surface area contributed by atoms with Gasteiger partial charge in [0.05, 0.1) is 5.69 Å². The van der Waals surface area contributed by atoms with Crippen LogP contribution in [0.2, 0.25) is 0 Å². The van der Waals surface area contributed by atoms with E-state index < -0.39 is 0 Å². The van der Waals surface area contributed by atoms with Crippen molar-refractivity contribution in [1.82, 2.24) is 0 Å². The Kier molecular flexibility index (Phi) is 3.33. The Morgan fingerprint density at radius 3 is 2.47 bits per heavy atom.